The van der Waals surface area contributed by atoms with E-state index < -0.39 is 35.3 Å². The number of amides is 2. The Labute approximate surface area is 301 Å². The number of pyridine rings is 1. The number of hydrogen-bond donors (Lipinski definition) is 1. The number of carbonyl (C=O) groups excluding carboxylic acids is 4. The first-order chi connectivity index (χ1) is 24.5. The summed E-state index contributed by atoms with van der Waals surface area (Å²) < 4.78 is 17.8. The topological polar surface area (TPSA) is 124 Å². The second-order valence-corrected chi connectivity index (χ2v) is 15.6. The number of nitrogens with one attached hydrogen (secondary N) is 1. The number of nitrogens with zero attached hydrogens (tertiary/aromatic N) is 2. The van der Waals surface area contributed by atoms with Crippen molar-refractivity contribution in [3.05, 3.63) is 59.7 Å². The lowest BCUT2D eigenvalue weighted by Crippen LogP contribution is -2.52. The average Bonchev–Trinajstić information content (AvgIpc) is 3.63. The predicted molar refractivity (Wildman–Crippen MR) is 193 cm³/mol. The lowest BCUT2D eigenvalue weighted by Gasteiger charge is -2.30. The van der Waals surface area contributed by atoms with Gasteiger partial charge < -0.3 is 24.4 Å². The first-order valence-corrected chi connectivity index (χ1v) is 18.9. The minimum Gasteiger partial charge on any atom is -0.472 e. The monoisotopic (exact) mass is 699 g/mol. The van der Waals surface area contributed by atoms with E-state index in [0.717, 1.165) is 61.8 Å². The van der Waals surface area contributed by atoms with Crippen molar-refractivity contribution < 1.29 is 33.4 Å². The highest BCUT2D eigenvalue weighted by Gasteiger charge is 2.61. The molecular weight excluding hydrogens is 646 g/mol. The summed E-state index contributed by atoms with van der Waals surface area (Å²) in [7, 11) is 0. The van der Waals surface area contributed by atoms with Crippen LogP contribution in [0.1, 0.15) is 103 Å². The molecule has 10 heteroatoms. The normalized spacial score (nSPS) is 27.5. The smallest absolute Gasteiger partial charge is 0.408 e. The summed E-state index contributed by atoms with van der Waals surface area (Å²) in [6.07, 6.45) is 11.4. The van der Waals surface area contributed by atoms with Gasteiger partial charge in [0.1, 0.15) is 17.7 Å². The van der Waals surface area contributed by atoms with Gasteiger partial charge >= 0.3 is 12.1 Å². The van der Waals surface area contributed by atoms with Gasteiger partial charge in [-0.25, -0.2) is 9.78 Å². The van der Waals surface area contributed by atoms with E-state index in [1.807, 2.05) is 30.3 Å². The first kappa shape index (κ1) is 36.6. The summed E-state index contributed by atoms with van der Waals surface area (Å²) in [5, 5.41) is 2.83. The highest BCUT2D eigenvalue weighted by Crippen LogP contribution is 2.57. The van der Waals surface area contributed by atoms with Gasteiger partial charge in [-0.15, -0.1) is 0 Å². The Morgan fingerprint density at radius 1 is 1.04 bits per heavy atom. The van der Waals surface area contributed by atoms with Crippen molar-refractivity contribution >= 4 is 23.8 Å². The van der Waals surface area contributed by atoms with Gasteiger partial charge in [0.2, 0.25) is 11.8 Å². The van der Waals surface area contributed by atoms with Crippen molar-refractivity contribution in [1.29, 1.82) is 0 Å². The number of ether oxygens (including phenoxy) is 3. The molecule has 0 unspecified atom stereocenters. The van der Waals surface area contributed by atoms with Crippen molar-refractivity contribution in [3.63, 3.8) is 0 Å². The molecule has 5 atom stereocenters. The number of benzene rings is 1. The maximum atomic E-state index is 14.5. The lowest BCUT2D eigenvalue weighted by molar-refractivity contribution is -0.152. The van der Waals surface area contributed by atoms with Crippen molar-refractivity contribution in [2.75, 3.05) is 13.2 Å². The predicted octanol–water partition coefficient (Wildman–Crippen LogP) is 6.92. The Morgan fingerprint density at radius 2 is 1.82 bits per heavy atom. The van der Waals surface area contributed by atoms with Crippen LogP contribution in [-0.4, -0.2) is 70.6 Å². The number of hydrogen-bond acceptors (Lipinski definition) is 8. The molecular formula is C41H53N3O7. The highest BCUT2D eigenvalue weighted by atomic mass is 16.6. The fourth-order valence-corrected chi connectivity index (χ4v) is 7.90. The fraction of sp³-hybridized carbons (Fsp3) is 0.585. The molecule has 2 aliphatic carbocycles. The molecule has 0 bridgehead atoms. The van der Waals surface area contributed by atoms with Crippen LogP contribution in [0.15, 0.2) is 48.6 Å². The van der Waals surface area contributed by atoms with Gasteiger partial charge in [0, 0.05) is 24.0 Å². The van der Waals surface area contributed by atoms with E-state index in [4.69, 9.17) is 19.2 Å². The van der Waals surface area contributed by atoms with Gasteiger partial charge in [-0.05, 0) is 96.6 Å². The number of aromatic nitrogens is 1. The minimum absolute atomic E-state index is 0.0245. The molecule has 0 spiro atoms. The zero-order valence-corrected chi connectivity index (χ0v) is 30.6. The van der Waals surface area contributed by atoms with Crippen LogP contribution in [0.25, 0.3) is 11.3 Å². The third-order valence-electron chi connectivity index (χ3n) is 10.6. The van der Waals surface area contributed by atoms with Crippen LogP contribution in [0, 0.1) is 11.3 Å². The number of esters is 1. The Kier molecular flexibility index (Phi) is 11.2. The van der Waals surface area contributed by atoms with Gasteiger partial charge in [0.25, 0.3) is 0 Å². The number of Topliss-reactive ketones (excluding diaryl/α,β-unsaturated/α-hetero) is 1. The number of allylic oxidation sites excluding steroid dienone is 2. The van der Waals surface area contributed by atoms with E-state index in [2.05, 4.69) is 23.5 Å². The van der Waals surface area contributed by atoms with E-state index in [1.54, 1.807) is 32.6 Å². The quantitative estimate of drug-likeness (QED) is 0.255. The molecule has 1 saturated heterocycles. The molecule has 2 aromatic rings. The van der Waals surface area contributed by atoms with Gasteiger partial charge in [-0.2, -0.15) is 0 Å². The second kappa shape index (κ2) is 15.6. The molecule has 2 amide bonds. The molecule has 3 heterocycles. The molecule has 1 saturated carbocycles. The number of fused-ring (bicyclic) bond motifs is 3. The molecule has 274 valence electrons. The van der Waals surface area contributed by atoms with Gasteiger partial charge in [-0.1, -0.05) is 55.3 Å². The van der Waals surface area contributed by atoms with Crippen LogP contribution in [0.5, 0.6) is 5.88 Å². The summed E-state index contributed by atoms with van der Waals surface area (Å²) in [4.78, 5) is 61.9. The Hall–Kier alpha value is -4.21. The van der Waals surface area contributed by atoms with Crippen LogP contribution in [-0.2, 0) is 36.7 Å². The zero-order chi connectivity index (χ0) is 36.2. The molecule has 6 rings (SSSR count). The molecule has 1 N–H and O–H groups in total. The van der Waals surface area contributed by atoms with Crippen molar-refractivity contribution in [1.82, 2.24) is 15.2 Å². The van der Waals surface area contributed by atoms with Gasteiger partial charge in [0.15, 0.2) is 5.78 Å². The minimum atomic E-state index is -0.934. The van der Waals surface area contributed by atoms with E-state index in [-0.39, 0.29) is 49.6 Å². The maximum absolute atomic E-state index is 14.5. The molecule has 51 heavy (non-hydrogen) atoms. The molecule has 10 nitrogen and oxygen atoms in total. The molecule has 2 fully saturated rings. The van der Waals surface area contributed by atoms with Crippen molar-refractivity contribution in [2.45, 2.75) is 129 Å². The SMILES string of the molecule is CCOC(=O)[C@]12CC(=O)[C@@H]3C[C@@H](Oc4nc(-c5ccccc5)cc5c4CCCC5)CN3C(=O)[C@@H](NC(=O)OC(C)(C)C)CCCCC/C=C\[C@@H]1C2. The number of rotatable bonds is 6. The number of alkyl carbamates (subject to hydrolysis) is 1. The third kappa shape index (κ3) is 8.64. The standard InChI is InChI=1S/C41H53N3O7/c1-5-49-38(47)41-24-29(41)19-12-7-6-8-13-21-32(43-39(48)51-40(2,3)4)37(46)44-26-30(23-34(44)35(45)25-41)50-36-31-20-15-14-18-28(31)22-33(42-36)27-16-10-9-11-17-27/h9-12,16-17,19,22,29-30,32,34H,5-8,13-15,18,20-21,23-26H2,1-4H3,(H,43,48)/b19-12-/t29-,30-,32+,34+,41-/m1/s1. The molecule has 1 aromatic carbocycles. The van der Waals surface area contributed by atoms with Crippen LogP contribution < -0.4 is 10.1 Å². The lowest BCUT2D eigenvalue weighted by atomic mass is 9.91. The summed E-state index contributed by atoms with van der Waals surface area (Å²) >= 11 is 0. The van der Waals surface area contributed by atoms with E-state index >= 15 is 0 Å². The molecule has 1 aromatic heterocycles. The van der Waals surface area contributed by atoms with E-state index in [1.165, 1.54) is 5.56 Å². The number of aryl methyl sites for hydroxylation is 1. The second-order valence-electron chi connectivity index (χ2n) is 15.6. The first-order valence-electron chi connectivity index (χ1n) is 18.9. The van der Waals surface area contributed by atoms with Crippen LogP contribution in [0.3, 0.4) is 0 Å². The van der Waals surface area contributed by atoms with Crippen molar-refractivity contribution in [2.24, 2.45) is 11.3 Å². The largest absolute Gasteiger partial charge is 0.472 e. The Balaban J connectivity index is 1.32. The molecule has 0 radical (unpaired) electrons. The Morgan fingerprint density at radius 3 is 2.59 bits per heavy atom. The highest BCUT2D eigenvalue weighted by molar-refractivity contribution is 5.96. The van der Waals surface area contributed by atoms with Gasteiger partial charge in [-0.3, -0.25) is 14.4 Å². The summed E-state index contributed by atoms with van der Waals surface area (Å²) in [6, 6.07) is 10.5. The third-order valence-corrected chi connectivity index (χ3v) is 10.6. The zero-order valence-electron chi connectivity index (χ0n) is 30.6. The van der Waals surface area contributed by atoms with Gasteiger partial charge in [0.05, 0.1) is 30.3 Å². The van der Waals surface area contributed by atoms with Crippen LogP contribution in [0.4, 0.5) is 4.79 Å². The number of carbonyl (C=O) groups is 4. The van der Waals surface area contributed by atoms with E-state index in [9.17, 15) is 19.2 Å². The molecule has 4 aliphatic rings. The Bertz CT molecular complexity index is 1630. The van der Waals surface area contributed by atoms with Crippen molar-refractivity contribution in [3.8, 4) is 17.1 Å². The summed E-state index contributed by atoms with van der Waals surface area (Å²) in [6.45, 7) is 7.49. The van der Waals surface area contributed by atoms with Crippen LogP contribution >= 0.6 is 0 Å². The maximum Gasteiger partial charge on any atom is 0.408 e. The number of ketones is 1. The van der Waals surface area contributed by atoms with Crippen LogP contribution in [0.2, 0.25) is 0 Å². The molecule has 2 aliphatic heterocycles. The van der Waals surface area contributed by atoms with E-state index in [0.29, 0.717) is 25.1 Å². The fourth-order valence-electron chi connectivity index (χ4n) is 7.90. The average molecular weight is 700 g/mol. The summed E-state index contributed by atoms with van der Waals surface area (Å²) in [5.74, 6) is -0.432. The summed E-state index contributed by atoms with van der Waals surface area (Å²) in [5.41, 5.74) is 2.45.